The minimum Gasteiger partial charge on any atom is -0.368 e. The molecule has 3 aromatic rings. The van der Waals surface area contributed by atoms with Gasteiger partial charge in [-0.1, -0.05) is 12.1 Å². The van der Waals surface area contributed by atoms with Crippen LogP contribution >= 0.6 is 0 Å². The first-order chi connectivity index (χ1) is 15.3. The van der Waals surface area contributed by atoms with Crippen LogP contribution in [0.4, 0.5) is 5.69 Å². The van der Waals surface area contributed by atoms with Crippen LogP contribution in [0, 0.1) is 12.3 Å². The average molecular weight is 431 g/mol. The van der Waals surface area contributed by atoms with Crippen LogP contribution in [-0.2, 0) is 0 Å². The van der Waals surface area contributed by atoms with Gasteiger partial charge in [0.05, 0.1) is 27.8 Å². The number of carbonyl (C=O) groups is 1. The maximum Gasteiger partial charge on any atom is 0.257 e. The molecule has 1 saturated carbocycles. The van der Waals surface area contributed by atoms with Gasteiger partial charge in [0.2, 0.25) is 0 Å². The molecule has 7 heteroatoms. The van der Waals surface area contributed by atoms with E-state index in [2.05, 4.69) is 34.8 Å². The predicted molar refractivity (Wildman–Crippen MR) is 126 cm³/mol. The molecule has 1 aliphatic carbocycles. The molecule has 166 valence electrons. The quantitative estimate of drug-likeness (QED) is 0.664. The third-order valence-corrected chi connectivity index (χ3v) is 7.62. The highest BCUT2D eigenvalue weighted by atomic mass is 16.2. The van der Waals surface area contributed by atoms with Crippen LogP contribution in [0.3, 0.4) is 0 Å². The molecule has 1 atom stereocenters. The zero-order valence-corrected chi connectivity index (χ0v) is 18.8. The molecule has 1 aromatic carbocycles. The number of fused-ring (bicyclic) bond motifs is 1. The van der Waals surface area contributed by atoms with Crippen LogP contribution in [0.1, 0.15) is 48.5 Å². The number of aromatic nitrogens is 3. The van der Waals surface area contributed by atoms with E-state index in [0.29, 0.717) is 17.5 Å². The highest BCUT2D eigenvalue weighted by molar-refractivity contribution is 6.03. The van der Waals surface area contributed by atoms with Crippen molar-refractivity contribution in [2.24, 2.45) is 11.1 Å². The fraction of sp³-hybridized carbons (Fsp3) is 0.480. The van der Waals surface area contributed by atoms with Gasteiger partial charge in [-0.15, -0.1) is 0 Å². The number of nitrogens with zero attached hydrogens (tertiary/aromatic N) is 4. The third-order valence-electron chi connectivity index (χ3n) is 7.62. The molecule has 2 aliphatic heterocycles. The number of likely N-dealkylation sites (tertiary alicyclic amines) is 1. The molecule has 1 amide bonds. The summed E-state index contributed by atoms with van der Waals surface area (Å²) in [5.41, 5.74) is 12.1. The van der Waals surface area contributed by atoms with Crippen LogP contribution in [0.15, 0.2) is 30.6 Å². The van der Waals surface area contributed by atoms with E-state index in [1.165, 1.54) is 12.8 Å². The molecule has 3 aliphatic rings. The first kappa shape index (κ1) is 19.7. The van der Waals surface area contributed by atoms with Crippen molar-refractivity contribution >= 4 is 22.6 Å². The lowest BCUT2D eigenvalue weighted by atomic mass is 10.0. The van der Waals surface area contributed by atoms with Gasteiger partial charge in [-0.05, 0) is 56.6 Å². The van der Waals surface area contributed by atoms with E-state index in [0.717, 1.165) is 66.1 Å². The number of nitrogens with two attached hydrogens (primary N) is 1. The van der Waals surface area contributed by atoms with Crippen LogP contribution in [-0.4, -0.2) is 57.5 Å². The van der Waals surface area contributed by atoms with Gasteiger partial charge >= 0.3 is 0 Å². The molecule has 3 N–H and O–H groups in total. The number of carbonyl (C=O) groups excluding carboxylic acids is 1. The van der Waals surface area contributed by atoms with Gasteiger partial charge in [0.1, 0.15) is 5.82 Å². The number of aryl methyl sites for hydroxylation is 1. The van der Waals surface area contributed by atoms with Crippen LogP contribution in [0.25, 0.3) is 22.4 Å². The number of H-pyrrole nitrogens is 1. The second-order valence-corrected chi connectivity index (χ2v) is 10.4. The lowest BCUT2D eigenvalue weighted by molar-refractivity contribution is 0.0785. The fourth-order valence-electron chi connectivity index (χ4n) is 5.47. The van der Waals surface area contributed by atoms with Crippen molar-refractivity contribution in [1.29, 1.82) is 0 Å². The summed E-state index contributed by atoms with van der Waals surface area (Å²) in [6.45, 7) is 7.36. The summed E-state index contributed by atoms with van der Waals surface area (Å²) >= 11 is 0. The number of amides is 1. The predicted octanol–water partition coefficient (Wildman–Crippen LogP) is 3.49. The number of anilines is 1. The number of hydrogen-bond donors (Lipinski definition) is 2. The molecular formula is C25H30N6O. The summed E-state index contributed by atoms with van der Waals surface area (Å²) < 4.78 is 0. The Morgan fingerprint density at radius 2 is 1.97 bits per heavy atom. The largest absolute Gasteiger partial charge is 0.368 e. The molecule has 0 unspecified atom stereocenters. The van der Waals surface area contributed by atoms with Gasteiger partial charge in [0.15, 0.2) is 0 Å². The maximum atomic E-state index is 13.7. The number of aromatic amines is 1. The second kappa shape index (κ2) is 6.78. The fourth-order valence-corrected chi connectivity index (χ4v) is 5.47. The summed E-state index contributed by atoms with van der Waals surface area (Å²) in [6, 6.07) is 6.13. The first-order valence-corrected chi connectivity index (χ1v) is 11.6. The van der Waals surface area contributed by atoms with Crippen molar-refractivity contribution in [3.05, 3.63) is 41.7 Å². The Hall–Kier alpha value is -2.93. The minimum atomic E-state index is -0.281. The normalized spacial score (nSPS) is 24.1. The third kappa shape index (κ3) is 3.18. The molecule has 4 heterocycles. The monoisotopic (exact) mass is 430 g/mol. The lowest BCUT2D eigenvalue weighted by Crippen LogP contribution is -2.40. The van der Waals surface area contributed by atoms with E-state index in [1.54, 1.807) is 6.20 Å². The first-order valence-electron chi connectivity index (χ1n) is 11.6. The highest BCUT2D eigenvalue weighted by Gasteiger charge is 2.49. The van der Waals surface area contributed by atoms with Gasteiger partial charge in [-0.25, -0.2) is 4.98 Å². The molecule has 0 bridgehead atoms. The minimum absolute atomic E-state index is 0.0797. The lowest BCUT2D eigenvalue weighted by Gasteiger charge is -2.27. The standard InChI is InChI=1S/C25H30N6O/c1-16-4-3-5-19-20(16)29-22(28-19)17-12-27-13-18(21(17)30-10-8-24(2,26)14-30)23(32)31-11-9-25(15-31)6-7-25/h3-5,12-13H,6-11,14-15,26H2,1-2H3,(H,28,29)/t24-/m0/s1. The molecule has 6 rings (SSSR count). The van der Waals surface area contributed by atoms with E-state index in [-0.39, 0.29) is 11.4 Å². The van der Waals surface area contributed by atoms with E-state index >= 15 is 0 Å². The van der Waals surface area contributed by atoms with Crippen molar-refractivity contribution in [3.63, 3.8) is 0 Å². The Labute approximate surface area is 188 Å². The zero-order valence-electron chi connectivity index (χ0n) is 18.8. The zero-order chi connectivity index (χ0) is 22.1. The summed E-state index contributed by atoms with van der Waals surface area (Å²) in [5.74, 6) is 0.827. The number of imidazole rings is 1. The van der Waals surface area contributed by atoms with Crippen molar-refractivity contribution in [2.75, 3.05) is 31.1 Å². The number of nitrogens with one attached hydrogen (secondary N) is 1. The molecule has 0 radical (unpaired) electrons. The number of para-hydroxylation sites is 1. The van der Waals surface area contributed by atoms with Crippen molar-refractivity contribution < 1.29 is 4.79 Å². The Kier molecular flexibility index (Phi) is 4.18. The Morgan fingerprint density at radius 3 is 2.66 bits per heavy atom. The van der Waals surface area contributed by atoms with E-state index in [9.17, 15) is 4.79 Å². The van der Waals surface area contributed by atoms with Crippen molar-refractivity contribution in [1.82, 2.24) is 19.9 Å². The second-order valence-electron chi connectivity index (χ2n) is 10.4. The average Bonchev–Trinajstić information content (AvgIpc) is 3.09. The van der Waals surface area contributed by atoms with Crippen LogP contribution < -0.4 is 10.6 Å². The number of pyridine rings is 1. The SMILES string of the molecule is Cc1cccc2[nH]c(-c3cncc(C(=O)N4CCC5(CC5)C4)c3N3CC[C@](C)(N)C3)nc12. The molecule has 32 heavy (non-hydrogen) atoms. The van der Waals surface area contributed by atoms with E-state index in [4.69, 9.17) is 10.7 Å². The number of hydrogen-bond acceptors (Lipinski definition) is 5. The Bertz CT molecular complexity index is 1220. The van der Waals surface area contributed by atoms with Gasteiger partial charge in [-0.2, -0.15) is 0 Å². The Balaban J connectivity index is 1.47. The molecule has 3 fully saturated rings. The van der Waals surface area contributed by atoms with Gasteiger partial charge in [0, 0.05) is 44.1 Å². The van der Waals surface area contributed by atoms with Crippen LogP contribution in [0.5, 0.6) is 0 Å². The van der Waals surface area contributed by atoms with Gasteiger partial charge < -0.3 is 20.5 Å². The van der Waals surface area contributed by atoms with Crippen molar-refractivity contribution in [2.45, 2.75) is 45.1 Å². The van der Waals surface area contributed by atoms with Gasteiger partial charge in [0.25, 0.3) is 5.91 Å². The van der Waals surface area contributed by atoms with E-state index < -0.39 is 0 Å². The summed E-state index contributed by atoms with van der Waals surface area (Å²) in [7, 11) is 0. The number of rotatable bonds is 3. The van der Waals surface area contributed by atoms with Gasteiger partial charge in [-0.3, -0.25) is 9.78 Å². The molecule has 1 spiro atoms. The van der Waals surface area contributed by atoms with Crippen molar-refractivity contribution in [3.8, 4) is 11.4 Å². The smallest absolute Gasteiger partial charge is 0.257 e. The molecule has 7 nitrogen and oxygen atoms in total. The van der Waals surface area contributed by atoms with E-state index in [1.807, 2.05) is 23.2 Å². The maximum absolute atomic E-state index is 13.7. The Morgan fingerprint density at radius 1 is 1.12 bits per heavy atom. The molecular weight excluding hydrogens is 400 g/mol. The topological polar surface area (TPSA) is 91.1 Å². The summed E-state index contributed by atoms with van der Waals surface area (Å²) in [5, 5.41) is 0. The van der Waals surface area contributed by atoms with Crippen LogP contribution in [0.2, 0.25) is 0 Å². The molecule has 2 aromatic heterocycles. The number of benzene rings is 1. The molecule has 2 saturated heterocycles. The summed E-state index contributed by atoms with van der Waals surface area (Å²) in [4.78, 5) is 30.9. The summed E-state index contributed by atoms with van der Waals surface area (Å²) in [6.07, 6.45) is 8.07. The highest BCUT2D eigenvalue weighted by Crippen LogP contribution is 2.53.